The Hall–Kier alpha value is -2.43. The monoisotopic (exact) mass is 311 g/mol. The molecular formula is C18H21N3O2. The number of likely N-dealkylation sites (tertiary alicyclic amines) is 1. The van der Waals surface area contributed by atoms with Crippen LogP contribution in [0.2, 0.25) is 0 Å². The van der Waals surface area contributed by atoms with Gasteiger partial charge in [0.25, 0.3) is 11.5 Å². The van der Waals surface area contributed by atoms with Crippen LogP contribution in [0, 0.1) is 13.8 Å². The van der Waals surface area contributed by atoms with E-state index in [4.69, 9.17) is 0 Å². The molecule has 120 valence electrons. The summed E-state index contributed by atoms with van der Waals surface area (Å²) in [6.45, 7) is 4.31. The van der Waals surface area contributed by atoms with Crippen LogP contribution in [0.15, 0.2) is 35.4 Å². The van der Waals surface area contributed by atoms with Crippen LogP contribution in [0.1, 0.15) is 52.5 Å². The molecule has 0 saturated carbocycles. The minimum Gasteiger partial charge on any atom is -0.331 e. The number of nitrogens with one attached hydrogen (secondary N) is 1. The minimum atomic E-state index is -0.303. The van der Waals surface area contributed by atoms with E-state index in [1.807, 2.05) is 43.1 Å². The lowest BCUT2D eigenvalue weighted by molar-refractivity contribution is 0.0608. The number of rotatable bonds is 2. The summed E-state index contributed by atoms with van der Waals surface area (Å²) in [5, 5.41) is 0. The molecule has 1 atom stereocenters. The first-order chi connectivity index (χ1) is 11.1. The second kappa shape index (κ2) is 6.36. The molecule has 1 fully saturated rings. The molecule has 0 aromatic carbocycles. The van der Waals surface area contributed by atoms with Crippen LogP contribution in [-0.2, 0) is 0 Å². The second-order valence-electron chi connectivity index (χ2n) is 6.14. The van der Waals surface area contributed by atoms with Gasteiger partial charge in [-0.05, 0) is 56.4 Å². The Labute approximate surface area is 135 Å². The number of H-pyrrole nitrogens is 1. The molecule has 0 radical (unpaired) electrons. The SMILES string of the molecule is Cc1cc(C)c(C(=O)N2CCCC[C@H]2c2cccnc2)c(=O)[nH]1. The van der Waals surface area contributed by atoms with Gasteiger partial charge < -0.3 is 9.88 Å². The van der Waals surface area contributed by atoms with Crippen molar-refractivity contribution >= 4 is 5.91 Å². The number of hydrogen-bond donors (Lipinski definition) is 1. The molecule has 1 amide bonds. The average molecular weight is 311 g/mol. The Bertz CT molecular complexity index is 768. The number of aryl methyl sites for hydroxylation is 2. The highest BCUT2D eigenvalue weighted by Crippen LogP contribution is 2.31. The highest BCUT2D eigenvalue weighted by Gasteiger charge is 2.30. The Morgan fingerprint density at radius 1 is 1.35 bits per heavy atom. The normalized spacial score (nSPS) is 18.0. The van der Waals surface area contributed by atoms with Crippen molar-refractivity contribution in [3.63, 3.8) is 0 Å². The summed E-state index contributed by atoms with van der Waals surface area (Å²) in [7, 11) is 0. The van der Waals surface area contributed by atoms with Gasteiger partial charge >= 0.3 is 0 Å². The number of aromatic nitrogens is 2. The minimum absolute atomic E-state index is 0.00921. The third kappa shape index (κ3) is 3.04. The van der Waals surface area contributed by atoms with Crippen LogP contribution in [0.3, 0.4) is 0 Å². The quantitative estimate of drug-likeness (QED) is 0.927. The van der Waals surface area contributed by atoms with E-state index in [2.05, 4.69) is 9.97 Å². The van der Waals surface area contributed by atoms with Crippen molar-refractivity contribution in [3.8, 4) is 0 Å². The molecule has 1 aliphatic heterocycles. The van der Waals surface area contributed by atoms with Crippen molar-refractivity contribution < 1.29 is 4.79 Å². The molecule has 5 nitrogen and oxygen atoms in total. The van der Waals surface area contributed by atoms with Crippen LogP contribution in [0.5, 0.6) is 0 Å². The van der Waals surface area contributed by atoms with Gasteiger partial charge in [-0.15, -0.1) is 0 Å². The first kappa shape index (κ1) is 15.5. The van der Waals surface area contributed by atoms with Gasteiger partial charge in [0.05, 0.1) is 6.04 Å². The Kier molecular flexibility index (Phi) is 4.28. The fraction of sp³-hybridized carbons (Fsp3) is 0.389. The molecule has 2 aromatic heterocycles. The van der Waals surface area contributed by atoms with Crippen LogP contribution < -0.4 is 5.56 Å². The van der Waals surface area contributed by atoms with Gasteiger partial charge in [0.15, 0.2) is 0 Å². The molecule has 1 saturated heterocycles. The molecule has 0 aliphatic carbocycles. The van der Waals surface area contributed by atoms with Gasteiger partial charge in [0.2, 0.25) is 0 Å². The lowest BCUT2D eigenvalue weighted by Crippen LogP contribution is -2.41. The molecule has 0 bridgehead atoms. The predicted molar refractivity (Wildman–Crippen MR) is 88.4 cm³/mol. The maximum Gasteiger partial charge on any atom is 0.261 e. The number of amides is 1. The zero-order valence-corrected chi connectivity index (χ0v) is 13.5. The molecule has 3 rings (SSSR count). The fourth-order valence-corrected chi connectivity index (χ4v) is 3.36. The van der Waals surface area contributed by atoms with Gasteiger partial charge in [-0.3, -0.25) is 14.6 Å². The third-order valence-corrected chi connectivity index (χ3v) is 4.41. The summed E-state index contributed by atoms with van der Waals surface area (Å²) in [6, 6.07) is 5.72. The van der Waals surface area contributed by atoms with Crippen molar-refractivity contribution in [2.45, 2.75) is 39.2 Å². The zero-order chi connectivity index (χ0) is 16.4. The van der Waals surface area contributed by atoms with Crippen molar-refractivity contribution in [2.75, 3.05) is 6.54 Å². The van der Waals surface area contributed by atoms with E-state index >= 15 is 0 Å². The molecule has 2 aromatic rings. The first-order valence-electron chi connectivity index (χ1n) is 7.99. The Morgan fingerprint density at radius 2 is 2.17 bits per heavy atom. The van der Waals surface area contributed by atoms with Crippen LogP contribution >= 0.6 is 0 Å². The highest BCUT2D eigenvalue weighted by atomic mass is 16.2. The second-order valence-corrected chi connectivity index (χ2v) is 6.14. The number of carbonyl (C=O) groups excluding carboxylic acids is 1. The van der Waals surface area contributed by atoms with Gasteiger partial charge in [-0.2, -0.15) is 0 Å². The largest absolute Gasteiger partial charge is 0.331 e. The van der Waals surface area contributed by atoms with Crippen LogP contribution in [-0.4, -0.2) is 27.3 Å². The van der Waals surface area contributed by atoms with Crippen molar-refractivity contribution in [1.29, 1.82) is 0 Å². The molecule has 3 heterocycles. The van der Waals surface area contributed by atoms with E-state index in [-0.39, 0.29) is 23.1 Å². The third-order valence-electron chi connectivity index (χ3n) is 4.41. The maximum atomic E-state index is 13.0. The molecule has 0 unspecified atom stereocenters. The number of pyridine rings is 2. The van der Waals surface area contributed by atoms with E-state index in [0.717, 1.165) is 36.1 Å². The van der Waals surface area contributed by atoms with Crippen LogP contribution in [0.25, 0.3) is 0 Å². The zero-order valence-electron chi connectivity index (χ0n) is 13.5. The van der Waals surface area contributed by atoms with E-state index in [1.165, 1.54) is 0 Å². The number of aromatic amines is 1. The number of carbonyl (C=O) groups is 1. The molecule has 1 N–H and O–H groups in total. The average Bonchev–Trinajstić information content (AvgIpc) is 2.54. The first-order valence-corrected chi connectivity index (χ1v) is 7.99. The van der Waals surface area contributed by atoms with E-state index in [1.54, 1.807) is 6.20 Å². The summed E-state index contributed by atoms with van der Waals surface area (Å²) >= 11 is 0. The standard InChI is InChI=1S/C18H21N3O2/c1-12-10-13(2)20-17(22)16(12)18(23)21-9-4-3-7-15(21)14-6-5-8-19-11-14/h5-6,8,10-11,15H,3-4,7,9H2,1-2H3,(H,20,22)/t15-/m0/s1. The molecule has 0 spiro atoms. The van der Waals surface area contributed by atoms with Gasteiger partial charge in [-0.25, -0.2) is 0 Å². The lowest BCUT2D eigenvalue weighted by atomic mass is 9.95. The lowest BCUT2D eigenvalue weighted by Gasteiger charge is -2.36. The number of nitrogens with zero attached hydrogens (tertiary/aromatic N) is 2. The van der Waals surface area contributed by atoms with E-state index < -0.39 is 0 Å². The summed E-state index contributed by atoms with van der Waals surface area (Å²) in [5.74, 6) is -0.183. The van der Waals surface area contributed by atoms with E-state index in [0.29, 0.717) is 6.54 Å². The van der Waals surface area contributed by atoms with Crippen molar-refractivity contribution in [1.82, 2.24) is 14.9 Å². The summed E-state index contributed by atoms with van der Waals surface area (Å²) in [6.07, 6.45) is 6.48. The Balaban J connectivity index is 1.98. The summed E-state index contributed by atoms with van der Waals surface area (Å²) in [5.41, 5.74) is 2.48. The molecular weight excluding hydrogens is 290 g/mol. The topological polar surface area (TPSA) is 66.1 Å². The number of hydrogen-bond acceptors (Lipinski definition) is 3. The van der Waals surface area contributed by atoms with Crippen molar-refractivity contribution in [3.05, 3.63) is 63.3 Å². The molecule has 23 heavy (non-hydrogen) atoms. The highest BCUT2D eigenvalue weighted by molar-refractivity contribution is 5.95. The fourth-order valence-electron chi connectivity index (χ4n) is 3.36. The number of piperidine rings is 1. The summed E-state index contributed by atoms with van der Waals surface area (Å²) in [4.78, 5) is 34.0. The smallest absolute Gasteiger partial charge is 0.261 e. The van der Waals surface area contributed by atoms with Crippen LogP contribution in [0.4, 0.5) is 0 Å². The van der Waals surface area contributed by atoms with E-state index in [9.17, 15) is 9.59 Å². The molecule has 1 aliphatic rings. The maximum absolute atomic E-state index is 13.0. The van der Waals surface area contributed by atoms with Gasteiger partial charge in [-0.1, -0.05) is 6.07 Å². The van der Waals surface area contributed by atoms with Gasteiger partial charge in [0.1, 0.15) is 5.56 Å². The molecule has 5 heteroatoms. The van der Waals surface area contributed by atoms with Gasteiger partial charge in [0, 0.05) is 24.6 Å². The van der Waals surface area contributed by atoms with Crippen molar-refractivity contribution in [2.24, 2.45) is 0 Å². The predicted octanol–water partition coefficient (Wildman–Crippen LogP) is 2.75. The Morgan fingerprint density at radius 3 is 2.87 bits per heavy atom. The summed E-state index contributed by atoms with van der Waals surface area (Å²) < 4.78 is 0.